The Balaban J connectivity index is 0.000000501. The minimum absolute atomic E-state index is 0. The average Bonchev–Trinajstić information content (AvgIpc) is 3.48. The van der Waals surface area contributed by atoms with E-state index in [1.807, 2.05) is 69.2 Å². The van der Waals surface area contributed by atoms with Gasteiger partial charge in [0.25, 0.3) is 0 Å². The van der Waals surface area contributed by atoms with Gasteiger partial charge in [-0.2, -0.15) is 0 Å². The maximum Gasteiger partial charge on any atom is 2.00 e. The van der Waals surface area contributed by atoms with Crippen LogP contribution in [0.3, 0.4) is 0 Å². The Bertz CT molecular complexity index is 785. The number of pyridine rings is 1. The number of nitrogens with one attached hydrogen (secondary N) is 1. The first kappa shape index (κ1) is 26.0. The Kier molecular flexibility index (Phi) is 12.3. The third-order valence-electron chi connectivity index (χ3n) is 4.52. The molecule has 4 nitrogen and oxygen atoms in total. The quantitative estimate of drug-likeness (QED) is 0.313. The summed E-state index contributed by atoms with van der Waals surface area (Å²) in [6, 6.07) is 7.50. The van der Waals surface area contributed by atoms with Gasteiger partial charge in [-0.3, -0.25) is 9.78 Å². The number of aromatic nitrogens is 1. The van der Waals surface area contributed by atoms with Crippen LogP contribution in [0.1, 0.15) is 19.3 Å². The maximum atomic E-state index is 11.8. The van der Waals surface area contributed by atoms with E-state index in [1.165, 1.54) is 5.92 Å². The number of ether oxygens (including phenoxy) is 1. The van der Waals surface area contributed by atoms with Crippen molar-refractivity contribution in [3.63, 3.8) is 0 Å². The zero-order chi connectivity index (χ0) is 21.0. The normalized spacial score (nSPS) is 15.8. The van der Waals surface area contributed by atoms with Gasteiger partial charge < -0.3 is 10.1 Å². The van der Waals surface area contributed by atoms with E-state index in [9.17, 15) is 4.79 Å². The fraction of sp³-hybridized carbons (Fsp3) is 0.200. The summed E-state index contributed by atoms with van der Waals surface area (Å²) in [7, 11) is 0. The van der Waals surface area contributed by atoms with Gasteiger partial charge in [-0.15, -0.1) is 0 Å². The van der Waals surface area contributed by atoms with Crippen LogP contribution in [0.2, 0.25) is 5.02 Å². The van der Waals surface area contributed by atoms with E-state index in [0.29, 0.717) is 24.6 Å². The number of esters is 1. The fourth-order valence-electron chi connectivity index (χ4n) is 3.04. The van der Waals surface area contributed by atoms with Gasteiger partial charge in [-0.05, 0) is 101 Å². The molecule has 0 unspecified atom stereocenters. The third-order valence-corrected chi connectivity index (χ3v) is 4.75. The Morgan fingerprint density at radius 2 is 1.71 bits per heavy atom. The molecule has 1 aromatic heterocycles. The van der Waals surface area contributed by atoms with Crippen LogP contribution in [0.4, 0.5) is 5.69 Å². The zero-order valence-corrected chi connectivity index (χ0v) is 19.0. The Labute approximate surface area is 202 Å². The van der Waals surface area contributed by atoms with Gasteiger partial charge in [0, 0.05) is 35.3 Å². The number of anilines is 1. The molecule has 0 atom stereocenters. The summed E-state index contributed by atoms with van der Waals surface area (Å²) in [5.74, 6) is 1.11. The molecule has 10 radical (unpaired) electrons. The smallest absolute Gasteiger partial charge is 0.464 e. The first-order chi connectivity index (χ1) is 14.7. The number of halogens is 1. The molecule has 2 fully saturated rings. The minimum Gasteiger partial charge on any atom is -0.464 e. The van der Waals surface area contributed by atoms with Crippen LogP contribution in [0.15, 0.2) is 30.5 Å². The summed E-state index contributed by atoms with van der Waals surface area (Å²) in [6.45, 7) is 0.892. The predicted molar refractivity (Wildman–Crippen MR) is 122 cm³/mol. The molecule has 0 aliphatic heterocycles. The van der Waals surface area contributed by atoms with Crippen molar-refractivity contribution >= 4 is 34.2 Å². The summed E-state index contributed by atoms with van der Waals surface area (Å²) in [6.07, 6.45) is 22.1. The maximum absolute atomic E-state index is 11.8. The Morgan fingerprint density at radius 1 is 1.00 bits per heavy atom. The first-order valence-corrected chi connectivity index (χ1v) is 10.4. The topological polar surface area (TPSA) is 51.2 Å². The number of rotatable bonds is 8. The molecule has 2 aliphatic carbocycles. The van der Waals surface area contributed by atoms with E-state index >= 15 is 0 Å². The van der Waals surface area contributed by atoms with Gasteiger partial charge in [-0.1, -0.05) is 11.6 Å². The van der Waals surface area contributed by atoms with E-state index in [0.717, 1.165) is 29.4 Å². The Morgan fingerprint density at radius 3 is 2.42 bits per heavy atom. The van der Waals surface area contributed by atoms with Crippen molar-refractivity contribution in [2.24, 2.45) is 0 Å². The average molecular weight is 477 g/mol. The number of hydrogen-bond acceptors (Lipinski definition) is 4. The largest absolute Gasteiger partial charge is 2.00 e. The fourth-order valence-corrected chi connectivity index (χ4v) is 3.20. The molecule has 0 bridgehead atoms. The minimum atomic E-state index is -0.153. The molecule has 0 spiro atoms. The van der Waals surface area contributed by atoms with Crippen LogP contribution in [-0.2, 0) is 26.6 Å². The number of nitrogens with zero attached hydrogens (tertiary/aromatic N) is 1. The molecule has 4 rings (SSSR count). The molecule has 0 saturated heterocycles. The summed E-state index contributed by atoms with van der Waals surface area (Å²) in [4.78, 5) is 16.1. The SMILES string of the molecule is O=C(CCC[C]1[CH][CH][CH][CH]1)OCCNc1ccnc2cc(Cl)ccc12.[CH]1[CH][CH][CH][CH]1.[Fe+2]. The van der Waals surface area contributed by atoms with Gasteiger partial charge in [0.2, 0.25) is 0 Å². The van der Waals surface area contributed by atoms with E-state index in [-0.39, 0.29) is 23.0 Å². The number of benzene rings is 1. The Hall–Kier alpha value is -1.29. The van der Waals surface area contributed by atoms with E-state index in [2.05, 4.69) is 23.1 Å². The van der Waals surface area contributed by atoms with Gasteiger partial charge >= 0.3 is 23.0 Å². The molecule has 1 aromatic carbocycles. The third kappa shape index (κ3) is 9.39. The monoisotopic (exact) mass is 476 g/mol. The number of carbonyl (C=O) groups is 1. The van der Waals surface area contributed by atoms with E-state index in [4.69, 9.17) is 16.3 Å². The molecule has 31 heavy (non-hydrogen) atoms. The van der Waals surface area contributed by atoms with Gasteiger partial charge in [-0.25, -0.2) is 0 Å². The molecule has 0 amide bonds. The molecule has 2 aliphatic rings. The number of carbonyl (C=O) groups excluding carboxylic acids is 1. The van der Waals surface area contributed by atoms with E-state index < -0.39 is 0 Å². The molecule has 2 saturated carbocycles. The second kappa shape index (κ2) is 14.7. The number of fused-ring (bicyclic) bond motifs is 1. The first-order valence-electron chi connectivity index (χ1n) is 10.0. The van der Waals surface area contributed by atoms with Gasteiger partial charge in [0.15, 0.2) is 0 Å². The van der Waals surface area contributed by atoms with E-state index in [1.54, 1.807) is 6.20 Å². The molecule has 1 heterocycles. The summed E-state index contributed by atoms with van der Waals surface area (Å²) in [5.41, 5.74) is 1.79. The standard InChI is InChI=1S/C20H20ClN2O2.C5H5.Fe/c21-16-8-9-17-18(10-11-22-19(17)14-16)23-12-13-25-20(24)7-3-6-15-4-1-2-5-15;1-2-4-5-3-1;/h1-2,4-5,8-11,14H,3,6-7,12-13H2,(H,22,23);1-5H;/q;;+2. The second-order valence-electron chi connectivity index (χ2n) is 6.78. The molecule has 1 N–H and O–H groups in total. The van der Waals surface area contributed by atoms with Gasteiger partial charge in [0.05, 0.1) is 5.52 Å². The van der Waals surface area contributed by atoms with Crippen LogP contribution < -0.4 is 5.32 Å². The summed E-state index contributed by atoms with van der Waals surface area (Å²) < 4.78 is 5.28. The van der Waals surface area contributed by atoms with Gasteiger partial charge in [0.1, 0.15) is 6.61 Å². The number of hydrogen-bond donors (Lipinski definition) is 1. The van der Waals surface area contributed by atoms with Crippen molar-refractivity contribution < 1.29 is 26.6 Å². The van der Waals surface area contributed by atoms with Crippen LogP contribution >= 0.6 is 11.6 Å². The second-order valence-corrected chi connectivity index (χ2v) is 7.21. The molecule has 160 valence electrons. The van der Waals surface area contributed by atoms with Crippen LogP contribution in [0.25, 0.3) is 10.9 Å². The van der Waals surface area contributed by atoms with Crippen molar-refractivity contribution in [3.05, 3.63) is 99.2 Å². The molecule has 2 aromatic rings. The van der Waals surface area contributed by atoms with Crippen molar-refractivity contribution in [1.29, 1.82) is 0 Å². The van der Waals surface area contributed by atoms with Crippen molar-refractivity contribution in [2.45, 2.75) is 19.3 Å². The molecular weight excluding hydrogens is 452 g/mol. The molecular formula is C25H25ClFeN2O2+2. The van der Waals surface area contributed by atoms with Crippen molar-refractivity contribution in [1.82, 2.24) is 4.98 Å². The zero-order valence-electron chi connectivity index (χ0n) is 17.1. The van der Waals surface area contributed by atoms with Crippen LogP contribution in [0.5, 0.6) is 0 Å². The van der Waals surface area contributed by atoms with Crippen molar-refractivity contribution in [3.8, 4) is 0 Å². The molecule has 6 heteroatoms. The van der Waals surface area contributed by atoms with Crippen LogP contribution in [0, 0.1) is 63.7 Å². The van der Waals surface area contributed by atoms with Crippen molar-refractivity contribution in [2.75, 3.05) is 18.5 Å². The summed E-state index contributed by atoms with van der Waals surface area (Å²) in [5, 5.41) is 4.93. The predicted octanol–water partition coefficient (Wildman–Crippen LogP) is 5.44. The van der Waals surface area contributed by atoms with Crippen LogP contribution in [-0.4, -0.2) is 24.1 Å². The summed E-state index contributed by atoms with van der Waals surface area (Å²) >= 11 is 5.99.